The lowest BCUT2D eigenvalue weighted by molar-refractivity contribution is 1.29. The molecule has 0 fully saturated rings. The van der Waals surface area contributed by atoms with Gasteiger partial charge < -0.3 is 4.98 Å². The minimum absolute atomic E-state index is 0. The van der Waals surface area contributed by atoms with Gasteiger partial charge in [0.1, 0.15) is 0 Å². The van der Waals surface area contributed by atoms with Crippen LogP contribution in [0.1, 0.15) is 32.5 Å². The van der Waals surface area contributed by atoms with Crippen LogP contribution in [-0.2, 0) is 0 Å². The van der Waals surface area contributed by atoms with Crippen molar-refractivity contribution < 1.29 is 0 Å². The summed E-state index contributed by atoms with van der Waals surface area (Å²) in [7, 11) is 0. The third-order valence-corrected chi connectivity index (χ3v) is 2.34. The molecule has 0 aliphatic rings. The molecule has 1 nitrogen and oxygen atoms in total. The van der Waals surface area contributed by atoms with Crippen LogP contribution in [0.5, 0.6) is 0 Å². The first-order chi connectivity index (χ1) is 7.83. The third kappa shape index (κ3) is 3.35. The van der Waals surface area contributed by atoms with Crippen LogP contribution in [0.4, 0.5) is 0 Å². The summed E-state index contributed by atoms with van der Waals surface area (Å²) in [6.07, 6.45) is 5.84. The normalized spacial score (nSPS) is 9.59. The molecular formula is C16H23N. The first-order valence-electron chi connectivity index (χ1n) is 5.69. The number of nitrogens with one attached hydrogen (secondary N) is 1. The number of rotatable bonds is 2. The Hall–Kier alpha value is -1.76. The third-order valence-electron chi connectivity index (χ3n) is 2.34. The van der Waals surface area contributed by atoms with Crippen LogP contribution in [0, 0.1) is 6.92 Å². The quantitative estimate of drug-likeness (QED) is 0.669. The number of hydrogen-bond acceptors (Lipinski definition) is 0. The predicted octanol–water partition coefficient (Wildman–Crippen LogP) is 5.34. The van der Waals surface area contributed by atoms with E-state index in [1.165, 1.54) is 22.2 Å². The minimum Gasteiger partial charge on any atom is -0.358 e. The molecule has 17 heavy (non-hydrogen) atoms. The lowest BCUT2D eigenvalue weighted by Gasteiger charge is -1.91. The van der Waals surface area contributed by atoms with E-state index >= 15 is 0 Å². The van der Waals surface area contributed by atoms with Crippen molar-refractivity contribution in [3.05, 3.63) is 54.3 Å². The van der Waals surface area contributed by atoms with Crippen LogP contribution in [0.15, 0.2) is 43.0 Å². The van der Waals surface area contributed by atoms with E-state index in [4.69, 9.17) is 0 Å². The van der Waals surface area contributed by atoms with E-state index in [0.717, 1.165) is 0 Å². The fraction of sp³-hybridized carbons (Fsp3) is 0.250. The maximum absolute atomic E-state index is 3.67. The number of fused-ring (bicyclic) bond motifs is 1. The molecule has 92 valence electrons. The van der Waals surface area contributed by atoms with Crippen molar-refractivity contribution in [3.63, 3.8) is 0 Å². The molecule has 0 aliphatic carbocycles. The number of para-hydroxylation sites is 1. The molecule has 1 heteroatoms. The summed E-state index contributed by atoms with van der Waals surface area (Å²) in [5.41, 5.74) is 3.64. The van der Waals surface area contributed by atoms with Crippen molar-refractivity contribution in [2.45, 2.75) is 28.2 Å². The smallest absolute Gasteiger partial charge is 0.0462 e. The predicted molar refractivity (Wildman–Crippen MR) is 80.3 cm³/mol. The van der Waals surface area contributed by atoms with Gasteiger partial charge >= 0.3 is 0 Å². The summed E-state index contributed by atoms with van der Waals surface area (Å²) in [4.78, 5) is 3.35. The number of aromatic amines is 1. The van der Waals surface area contributed by atoms with E-state index < -0.39 is 0 Å². The Kier molecular flexibility index (Phi) is 6.73. The molecule has 0 saturated carbocycles. The molecule has 1 N–H and O–H groups in total. The zero-order valence-electron chi connectivity index (χ0n) is 10.2. The number of aromatic nitrogens is 1. The van der Waals surface area contributed by atoms with Gasteiger partial charge in [0.15, 0.2) is 0 Å². The van der Waals surface area contributed by atoms with E-state index in [-0.39, 0.29) is 7.43 Å². The number of benzene rings is 1. The molecule has 0 bridgehead atoms. The number of allylic oxidation sites excluding steroid dienone is 2. The van der Waals surface area contributed by atoms with Gasteiger partial charge in [-0.15, -0.1) is 0 Å². The monoisotopic (exact) mass is 229 g/mol. The van der Waals surface area contributed by atoms with Crippen molar-refractivity contribution in [2.75, 3.05) is 0 Å². The number of aryl methyl sites for hydroxylation is 1. The summed E-state index contributed by atoms with van der Waals surface area (Å²) in [6, 6.07) is 8.31. The van der Waals surface area contributed by atoms with Gasteiger partial charge in [0.25, 0.3) is 0 Å². The highest BCUT2D eigenvalue weighted by Crippen LogP contribution is 2.22. The average molecular weight is 229 g/mol. The second kappa shape index (κ2) is 7.50. The minimum atomic E-state index is 0. The largest absolute Gasteiger partial charge is 0.358 e. The molecule has 0 radical (unpaired) electrons. The summed E-state index contributed by atoms with van der Waals surface area (Å²) in [6.45, 7) is 9.76. The van der Waals surface area contributed by atoms with E-state index in [1.807, 2.05) is 26.0 Å². The van der Waals surface area contributed by atoms with E-state index in [9.17, 15) is 0 Å². The van der Waals surface area contributed by atoms with Gasteiger partial charge in [-0.2, -0.15) is 0 Å². The SMILES string of the molecule is C.C=C/C=C\c1c(C)[nH]c2ccccc12.CC. The Balaban J connectivity index is 0.000000811. The molecule has 0 atom stereocenters. The maximum Gasteiger partial charge on any atom is 0.0462 e. The molecule has 2 rings (SSSR count). The highest BCUT2D eigenvalue weighted by Gasteiger charge is 2.03. The first kappa shape index (κ1) is 15.2. The maximum atomic E-state index is 3.67. The first-order valence-corrected chi connectivity index (χ1v) is 5.69. The van der Waals surface area contributed by atoms with Crippen molar-refractivity contribution in [1.82, 2.24) is 4.98 Å². The average Bonchev–Trinajstić information content (AvgIpc) is 2.65. The molecule has 0 spiro atoms. The highest BCUT2D eigenvalue weighted by atomic mass is 14.7. The van der Waals surface area contributed by atoms with E-state index in [1.54, 1.807) is 6.08 Å². The van der Waals surface area contributed by atoms with Gasteiger partial charge in [-0.25, -0.2) is 0 Å². The Morgan fingerprint density at radius 2 is 1.82 bits per heavy atom. The summed E-state index contributed by atoms with van der Waals surface area (Å²) in [5.74, 6) is 0. The fourth-order valence-corrected chi connectivity index (χ4v) is 1.68. The van der Waals surface area contributed by atoms with Crippen molar-refractivity contribution in [2.24, 2.45) is 0 Å². The lowest BCUT2D eigenvalue weighted by atomic mass is 10.1. The van der Waals surface area contributed by atoms with Crippen LogP contribution in [0.3, 0.4) is 0 Å². The second-order valence-electron chi connectivity index (χ2n) is 3.30. The topological polar surface area (TPSA) is 15.8 Å². The Labute approximate surface area is 105 Å². The van der Waals surface area contributed by atoms with Crippen LogP contribution >= 0.6 is 0 Å². The Morgan fingerprint density at radius 1 is 1.18 bits per heavy atom. The van der Waals surface area contributed by atoms with E-state index in [0.29, 0.717) is 0 Å². The molecule has 0 unspecified atom stereocenters. The molecule has 1 aromatic heterocycles. The molecule has 0 aliphatic heterocycles. The molecule has 0 saturated heterocycles. The summed E-state index contributed by atoms with van der Waals surface area (Å²) >= 11 is 0. The number of H-pyrrole nitrogens is 1. The standard InChI is InChI=1S/C13H13N.C2H6.CH4/c1-3-4-7-11-10(2)14-13-9-6-5-8-12(11)13;1-2;/h3-9,14H,1H2,2H3;1-2H3;1H4/b7-4-;;. The number of hydrogen-bond donors (Lipinski definition) is 1. The van der Waals surface area contributed by atoms with Crippen LogP contribution < -0.4 is 0 Å². The Bertz CT molecular complexity index is 489. The molecule has 1 heterocycles. The van der Waals surface area contributed by atoms with Crippen molar-refractivity contribution in [1.29, 1.82) is 0 Å². The van der Waals surface area contributed by atoms with Gasteiger partial charge in [0.05, 0.1) is 0 Å². The van der Waals surface area contributed by atoms with Crippen molar-refractivity contribution >= 4 is 17.0 Å². The van der Waals surface area contributed by atoms with Gasteiger partial charge in [-0.3, -0.25) is 0 Å². The molecule has 0 amide bonds. The lowest BCUT2D eigenvalue weighted by Crippen LogP contribution is -1.72. The molecule has 1 aromatic carbocycles. The Morgan fingerprint density at radius 3 is 2.47 bits per heavy atom. The summed E-state index contributed by atoms with van der Waals surface area (Å²) in [5, 5.41) is 1.27. The van der Waals surface area contributed by atoms with Gasteiger partial charge in [-0.05, 0) is 13.0 Å². The van der Waals surface area contributed by atoms with Crippen LogP contribution in [-0.4, -0.2) is 4.98 Å². The van der Waals surface area contributed by atoms with Crippen molar-refractivity contribution in [3.8, 4) is 0 Å². The molecule has 2 aromatic rings. The highest BCUT2D eigenvalue weighted by molar-refractivity contribution is 5.90. The van der Waals surface area contributed by atoms with Gasteiger partial charge in [-0.1, -0.05) is 64.3 Å². The zero-order valence-corrected chi connectivity index (χ0v) is 10.2. The fourth-order valence-electron chi connectivity index (χ4n) is 1.68. The van der Waals surface area contributed by atoms with Crippen LogP contribution in [0.2, 0.25) is 0 Å². The van der Waals surface area contributed by atoms with Crippen LogP contribution in [0.25, 0.3) is 17.0 Å². The van der Waals surface area contributed by atoms with E-state index in [2.05, 4.69) is 42.8 Å². The van der Waals surface area contributed by atoms with Gasteiger partial charge in [0, 0.05) is 22.2 Å². The summed E-state index contributed by atoms with van der Waals surface area (Å²) < 4.78 is 0. The zero-order chi connectivity index (χ0) is 12.0. The second-order valence-corrected chi connectivity index (χ2v) is 3.30. The molecular weight excluding hydrogens is 206 g/mol. The van der Waals surface area contributed by atoms with Gasteiger partial charge in [0.2, 0.25) is 0 Å².